The average molecular weight is 320 g/mol. The molecule has 3 aromatic rings. The van der Waals surface area contributed by atoms with Gasteiger partial charge in [-0.3, -0.25) is 4.79 Å². The van der Waals surface area contributed by atoms with Crippen molar-refractivity contribution in [2.75, 3.05) is 20.6 Å². The molecule has 4 nitrogen and oxygen atoms in total. The molecule has 0 fully saturated rings. The normalized spacial score (nSPS) is 11.6. The van der Waals surface area contributed by atoms with Crippen molar-refractivity contribution in [3.05, 3.63) is 70.7 Å². The third kappa shape index (κ3) is 3.24. The summed E-state index contributed by atoms with van der Waals surface area (Å²) in [7, 11) is 4.06. The summed E-state index contributed by atoms with van der Waals surface area (Å²) in [5, 5.41) is 11.3. The quantitative estimate of drug-likeness (QED) is 0.774. The zero-order valence-electron chi connectivity index (χ0n) is 13.8. The summed E-state index contributed by atoms with van der Waals surface area (Å²) in [5.74, 6) is 0.114. The molecular formula is C20H20N2O2. The summed E-state index contributed by atoms with van der Waals surface area (Å²) >= 11 is 0. The summed E-state index contributed by atoms with van der Waals surface area (Å²) in [6.07, 6.45) is 5.84. The maximum Gasteiger partial charge on any atom is 0.255 e. The van der Waals surface area contributed by atoms with Crippen molar-refractivity contribution in [1.29, 1.82) is 0 Å². The molecule has 0 amide bonds. The van der Waals surface area contributed by atoms with E-state index >= 15 is 0 Å². The van der Waals surface area contributed by atoms with Crippen LogP contribution in [0.25, 0.3) is 28.0 Å². The second-order valence-electron chi connectivity index (χ2n) is 6.02. The van der Waals surface area contributed by atoms with Gasteiger partial charge in [0.25, 0.3) is 5.56 Å². The van der Waals surface area contributed by atoms with Gasteiger partial charge in [0.1, 0.15) is 5.75 Å². The fourth-order valence-corrected chi connectivity index (χ4v) is 2.70. The van der Waals surface area contributed by atoms with Crippen LogP contribution < -0.4 is 5.56 Å². The zero-order chi connectivity index (χ0) is 17.1. The van der Waals surface area contributed by atoms with Crippen molar-refractivity contribution < 1.29 is 5.11 Å². The van der Waals surface area contributed by atoms with Gasteiger partial charge in [0.15, 0.2) is 0 Å². The molecule has 0 aliphatic rings. The highest BCUT2D eigenvalue weighted by atomic mass is 16.3. The van der Waals surface area contributed by atoms with E-state index < -0.39 is 0 Å². The molecule has 2 N–H and O–H groups in total. The number of hydrogen-bond donors (Lipinski definition) is 2. The number of likely N-dealkylation sites (N-methyl/N-ethyl adjacent to an activating group) is 1. The summed E-state index contributed by atoms with van der Waals surface area (Å²) in [4.78, 5) is 16.8. The van der Waals surface area contributed by atoms with Crippen LogP contribution >= 0.6 is 0 Å². The molecule has 1 aromatic heterocycles. The highest BCUT2D eigenvalue weighted by Gasteiger charge is 2.10. The van der Waals surface area contributed by atoms with Crippen molar-refractivity contribution >= 4 is 16.8 Å². The van der Waals surface area contributed by atoms with Crippen molar-refractivity contribution in [2.45, 2.75) is 0 Å². The highest BCUT2D eigenvalue weighted by molar-refractivity contribution is 5.99. The third-order valence-corrected chi connectivity index (χ3v) is 3.91. The molecule has 0 aliphatic carbocycles. The molecule has 3 rings (SSSR count). The minimum absolute atomic E-state index is 0.114. The number of nitrogens with one attached hydrogen (secondary N) is 1. The third-order valence-electron chi connectivity index (χ3n) is 3.91. The number of nitrogens with zero attached hydrogens (tertiary/aromatic N) is 1. The SMILES string of the molecule is CN(C)CC=Cc1ccc(-c2c[nH]c(=O)c3cccc(O)c23)cc1. The highest BCUT2D eigenvalue weighted by Crippen LogP contribution is 2.32. The topological polar surface area (TPSA) is 56.3 Å². The lowest BCUT2D eigenvalue weighted by molar-refractivity contribution is 0.457. The number of fused-ring (bicyclic) bond motifs is 1. The molecule has 122 valence electrons. The molecule has 0 radical (unpaired) electrons. The molecule has 0 bridgehead atoms. The Kier molecular flexibility index (Phi) is 4.49. The van der Waals surface area contributed by atoms with Crippen LogP contribution in [-0.2, 0) is 0 Å². The Balaban J connectivity index is 2.01. The van der Waals surface area contributed by atoms with Crippen LogP contribution in [-0.4, -0.2) is 35.6 Å². The number of benzene rings is 2. The fourth-order valence-electron chi connectivity index (χ4n) is 2.70. The van der Waals surface area contributed by atoms with Crippen LogP contribution in [0.2, 0.25) is 0 Å². The first-order valence-corrected chi connectivity index (χ1v) is 7.81. The fraction of sp³-hybridized carbons (Fsp3) is 0.150. The van der Waals surface area contributed by atoms with E-state index in [1.807, 2.05) is 38.4 Å². The molecule has 0 saturated heterocycles. The number of H-pyrrole nitrogens is 1. The Morgan fingerprint density at radius 3 is 2.58 bits per heavy atom. The summed E-state index contributed by atoms with van der Waals surface area (Å²) in [6.45, 7) is 0.889. The number of aromatic nitrogens is 1. The van der Waals surface area contributed by atoms with E-state index in [1.165, 1.54) is 0 Å². The first-order valence-electron chi connectivity index (χ1n) is 7.81. The Morgan fingerprint density at radius 2 is 1.88 bits per heavy atom. The van der Waals surface area contributed by atoms with E-state index in [2.05, 4.69) is 22.0 Å². The standard InChI is InChI=1S/C20H20N2O2/c1-22(2)12-4-5-14-8-10-15(11-9-14)17-13-21-20(24)16-6-3-7-18(23)19(16)17/h3-11,13,23H,12H2,1-2H3,(H,21,24). The lowest BCUT2D eigenvalue weighted by atomic mass is 9.99. The van der Waals surface area contributed by atoms with E-state index in [1.54, 1.807) is 24.4 Å². The van der Waals surface area contributed by atoms with Gasteiger partial charge in [0.2, 0.25) is 0 Å². The van der Waals surface area contributed by atoms with Crippen LogP contribution in [0.4, 0.5) is 0 Å². The molecule has 0 saturated carbocycles. The van der Waals surface area contributed by atoms with E-state index in [9.17, 15) is 9.90 Å². The van der Waals surface area contributed by atoms with Gasteiger partial charge >= 0.3 is 0 Å². The lowest BCUT2D eigenvalue weighted by Gasteiger charge is -2.08. The van der Waals surface area contributed by atoms with Gasteiger partial charge in [0.05, 0.1) is 5.39 Å². The minimum Gasteiger partial charge on any atom is -0.507 e. The molecule has 0 aliphatic heterocycles. The number of pyridine rings is 1. The Labute approximate surface area is 140 Å². The Morgan fingerprint density at radius 1 is 1.12 bits per heavy atom. The van der Waals surface area contributed by atoms with Gasteiger partial charge in [-0.15, -0.1) is 0 Å². The maximum atomic E-state index is 12.0. The number of phenolic OH excluding ortho intramolecular Hbond substituents is 1. The van der Waals surface area contributed by atoms with E-state index in [0.717, 1.165) is 23.2 Å². The number of aromatic amines is 1. The number of phenols is 1. The van der Waals surface area contributed by atoms with Gasteiger partial charge in [-0.25, -0.2) is 0 Å². The van der Waals surface area contributed by atoms with Gasteiger partial charge < -0.3 is 15.0 Å². The van der Waals surface area contributed by atoms with Crippen molar-refractivity contribution in [2.24, 2.45) is 0 Å². The number of hydrogen-bond acceptors (Lipinski definition) is 3. The second-order valence-corrected chi connectivity index (χ2v) is 6.02. The molecule has 0 unspecified atom stereocenters. The minimum atomic E-state index is -0.201. The summed E-state index contributed by atoms with van der Waals surface area (Å²) in [6, 6.07) is 13.0. The Hall–Kier alpha value is -2.85. The molecule has 4 heteroatoms. The maximum absolute atomic E-state index is 12.0. The smallest absolute Gasteiger partial charge is 0.255 e. The van der Waals surface area contributed by atoms with Gasteiger partial charge in [-0.2, -0.15) is 0 Å². The predicted octanol–water partition coefficient (Wildman–Crippen LogP) is 3.48. The van der Waals surface area contributed by atoms with Crippen molar-refractivity contribution in [3.63, 3.8) is 0 Å². The van der Waals surface area contributed by atoms with Crippen LogP contribution in [0.15, 0.2) is 59.5 Å². The first kappa shape index (κ1) is 16.0. The monoisotopic (exact) mass is 320 g/mol. The summed E-state index contributed by atoms with van der Waals surface area (Å²) in [5.41, 5.74) is 2.67. The number of aromatic hydroxyl groups is 1. The van der Waals surface area contributed by atoms with Crippen LogP contribution in [0, 0.1) is 0 Å². The molecule has 0 spiro atoms. The molecule has 24 heavy (non-hydrogen) atoms. The largest absolute Gasteiger partial charge is 0.507 e. The molecular weight excluding hydrogens is 300 g/mol. The van der Waals surface area contributed by atoms with E-state index in [4.69, 9.17) is 0 Å². The van der Waals surface area contributed by atoms with Crippen molar-refractivity contribution in [1.82, 2.24) is 9.88 Å². The molecule has 2 aromatic carbocycles. The first-order chi connectivity index (χ1) is 11.6. The van der Waals surface area contributed by atoms with E-state index in [0.29, 0.717) is 10.8 Å². The second kappa shape index (κ2) is 6.72. The van der Waals surface area contributed by atoms with Gasteiger partial charge in [-0.1, -0.05) is 42.5 Å². The van der Waals surface area contributed by atoms with Gasteiger partial charge in [0, 0.05) is 23.7 Å². The predicted molar refractivity (Wildman–Crippen MR) is 99.3 cm³/mol. The zero-order valence-corrected chi connectivity index (χ0v) is 13.8. The lowest BCUT2D eigenvalue weighted by Crippen LogP contribution is -2.10. The Bertz CT molecular complexity index is 938. The van der Waals surface area contributed by atoms with Crippen LogP contribution in [0.3, 0.4) is 0 Å². The van der Waals surface area contributed by atoms with E-state index in [-0.39, 0.29) is 11.3 Å². The van der Waals surface area contributed by atoms with Gasteiger partial charge in [-0.05, 0) is 37.4 Å². The molecule has 1 heterocycles. The van der Waals surface area contributed by atoms with Crippen LogP contribution in [0.5, 0.6) is 5.75 Å². The van der Waals surface area contributed by atoms with Crippen molar-refractivity contribution in [3.8, 4) is 16.9 Å². The number of rotatable bonds is 4. The summed E-state index contributed by atoms with van der Waals surface area (Å²) < 4.78 is 0. The molecule has 0 atom stereocenters. The average Bonchev–Trinajstić information content (AvgIpc) is 2.56. The van der Waals surface area contributed by atoms with Crippen LogP contribution in [0.1, 0.15) is 5.56 Å².